The zero-order chi connectivity index (χ0) is 9.84. The Hall–Kier alpha value is 0.110. The van der Waals surface area contributed by atoms with Gasteiger partial charge in [-0.15, -0.1) is 11.3 Å². The fraction of sp³-hybridized carbons (Fsp3) is 0.700. The van der Waals surface area contributed by atoms with Gasteiger partial charge in [-0.1, -0.05) is 36.2 Å². The van der Waals surface area contributed by atoms with Gasteiger partial charge in [0.1, 0.15) is 0 Å². The number of thiazole rings is 1. The second-order valence-corrected chi connectivity index (χ2v) is 5.91. The lowest BCUT2D eigenvalue weighted by Crippen LogP contribution is -2.13. The Morgan fingerprint density at radius 1 is 1.62 bits per heavy atom. The molecule has 0 aliphatic heterocycles. The Morgan fingerprint density at radius 3 is 2.69 bits per heavy atom. The molecule has 1 nitrogen and oxygen atoms in total. The first kappa shape index (κ1) is 11.2. The van der Waals surface area contributed by atoms with Crippen LogP contribution in [0.3, 0.4) is 0 Å². The minimum Gasteiger partial charge on any atom is -0.247 e. The maximum atomic E-state index is 4.48. The van der Waals surface area contributed by atoms with E-state index in [9.17, 15) is 0 Å². The standard InChI is InChI=1S/C10H16BrNS/c1-4-9(7(2)11)5-10-6-13-8(3)12-10/h6-7,9H,4-5H2,1-3H3. The molecule has 0 N–H and O–H groups in total. The van der Waals surface area contributed by atoms with E-state index in [1.807, 2.05) is 0 Å². The second-order valence-electron chi connectivity index (χ2n) is 3.41. The van der Waals surface area contributed by atoms with Crippen LogP contribution in [0.1, 0.15) is 31.0 Å². The Balaban J connectivity index is 2.56. The lowest BCUT2D eigenvalue weighted by Gasteiger charge is -2.15. The molecule has 0 aromatic carbocycles. The first-order valence-electron chi connectivity index (χ1n) is 4.68. The summed E-state index contributed by atoms with van der Waals surface area (Å²) >= 11 is 5.38. The van der Waals surface area contributed by atoms with Crippen LogP contribution in [0, 0.1) is 12.8 Å². The van der Waals surface area contributed by atoms with E-state index in [1.165, 1.54) is 17.1 Å². The summed E-state index contributed by atoms with van der Waals surface area (Å²) < 4.78 is 0. The monoisotopic (exact) mass is 261 g/mol. The fourth-order valence-electron chi connectivity index (χ4n) is 1.40. The average molecular weight is 262 g/mol. The van der Waals surface area contributed by atoms with Crippen molar-refractivity contribution in [3.8, 4) is 0 Å². The summed E-state index contributed by atoms with van der Waals surface area (Å²) in [6, 6.07) is 0. The van der Waals surface area contributed by atoms with Crippen LogP contribution in [0.5, 0.6) is 0 Å². The zero-order valence-corrected chi connectivity index (χ0v) is 10.8. The Morgan fingerprint density at radius 2 is 2.31 bits per heavy atom. The van der Waals surface area contributed by atoms with Crippen LogP contribution in [0.2, 0.25) is 0 Å². The number of hydrogen-bond donors (Lipinski definition) is 0. The van der Waals surface area contributed by atoms with E-state index in [1.54, 1.807) is 11.3 Å². The molecular weight excluding hydrogens is 246 g/mol. The number of halogens is 1. The van der Waals surface area contributed by atoms with Gasteiger partial charge >= 0.3 is 0 Å². The largest absolute Gasteiger partial charge is 0.247 e. The number of rotatable bonds is 4. The molecule has 13 heavy (non-hydrogen) atoms. The van der Waals surface area contributed by atoms with E-state index in [2.05, 4.69) is 47.1 Å². The minimum absolute atomic E-state index is 0.583. The quantitative estimate of drug-likeness (QED) is 0.752. The lowest BCUT2D eigenvalue weighted by atomic mass is 9.98. The molecule has 0 radical (unpaired) electrons. The predicted molar refractivity (Wildman–Crippen MR) is 62.7 cm³/mol. The smallest absolute Gasteiger partial charge is 0.0897 e. The summed E-state index contributed by atoms with van der Waals surface area (Å²) in [5, 5.41) is 3.35. The molecule has 0 saturated heterocycles. The number of hydrogen-bond acceptors (Lipinski definition) is 2. The van der Waals surface area contributed by atoms with Gasteiger partial charge in [0.25, 0.3) is 0 Å². The van der Waals surface area contributed by atoms with Gasteiger partial charge < -0.3 is 0 Å². The summed E-state index contributed by atoms with van der Waals surface area (Å²) in [5.74, 6) is 0.710. The molecular formula is C10H16BrNS. The first-order valence-corrected chi connectivity index (χ1v) is 6.48. The van der Waals surface area contributed by atoms with Crippen LogP contribution in [0.15, 0.2) is 5.38 Å². The SMILES string of the molecule is CCC(Cc1csc(C)n1)C(C)Br. The molecule has 2 unspecified atom stereocenters. The lowest BCUT2D eigenvalue weighted by molar-refractivity contribution is 0.503. The minimum atomic E-state index is 0.583. The molecule has 0 fully saturated rings. The third kappa shape index (κ3) is 3.39. The maximum absolute atomic E-state index is 4.48. The van der Waals surface area contributed by atoms with Gasteiger partial charge in [0.15, 0.2) is 0 Å². The Kier molecular flexibility index (Phi) is 4.39. The summed E-state index contributed by atoms with van der Waals surface area (Å²) in [6.07, 6.45) is 2.32. The second kappa shape index (κ2) is 5.11. The molecule has 0 bridgehead atoms. The fourth-order valence-corrected chi connectivity index (χ4v) is 2.59. The van der Waals surface area contributed by atoms with Gasteiger partial charge in [0.05, 0.1) is 10.7 Å². The van der Waals surface area contributed by atoms with Crippen molar-refractivity contribution in [3.63, 3.8) is 0 Å². The number of aryl methyl sites for hydroxylation is 1. The molecule has 0 aliphatic rings. The molecule has 1 rings (SSSR count). The average Bonchev–Trinajstić information content (AvgIpc) is 2.46. The van der Waals surface area contributed by atoms with E-state index in [0.29, 0.717) is 10.7 Å². The Labute approximate surface area is 92.7 Å². The molecule has 74 valence electrons. The molecule has 1 aromatic rings. The summed E-state index contributed by atoms with van der Waals surface area (Å²) in [6.45, 7) is 6.52. The molecule has 1 heterocycles. The number of alkyl halides is 1. The number of aromatic nitrogens is 1. The van der Waals surface area contributed by atoms with Gasteiger partial charge in [0, 0.05) is 10.2 Å². The highest BCUT2D eigenvalue weighted by atomic mass is 79.9. The van der Waals surface area contributed by atoms with Gasteiger partial charge in [-0.2, -0.15) is 0 Å². The van der Waals surface area contributed by atoms with Crippen molar-refractivity contribution in [2.45, 2.75) is 38.4 Å². The highest BCUT2D eigenvalue weighted by Gasteiger charge is 2.14. The van der Waals surface area contributed by atoms with Crippen molar-refractivity contribution in [1.29, 1.82) is 0 Å². The summed E-state index contributed by atoms with van der Waals surface area (Å²) in [7, 11) is 0. The van der Waals surface area contributed by atoms with Gasteiger partial charge in [-0.05, 0) is 19.3 Å². The van der Waals surface area contributed by atoms with E-state index in [-0.39, 0.29) is 0 Å². The van der Waals surface area contributed by atoms with E-state index >= 15 is 0 Å². The van der Waals surface area contributed by atoms with Gasteiger partial charge in [0.2, 0.25) is 0 Å². The molecule has 0 saturated carbocycles. The molecule has 0 aliphatic carbocycles. The summed E-state index contributed by atoms with van der Waals surface area (Å²) in [4.78, 5) is 5.06. The molecule has 3 heteroatoms. The molecule has 2 atom stereocenters. The van der Waals surface area contributed by atoms with Crippen LogP contribution in [0.25, 0.3) is 0 Å². The van der Waals surface area contributed by atoms with Gasteiger partial charge in [-0.3, -0.25) is 0 Å². The highest BCUT2D eigenvalue weighted by molar-refractivity contribution is 9.09. The Bertz CT molecular complexity index is 257. The summed E-state index contributed by atoms with van der Waals surface area (Å²) in [5.41, 5.74) is 1.25. The van der Waals surface area contributed by atoms with E-state index in [0.717, 1.165) is 6.42 Å². The van der Waals surface area contributed by atoms with Crippen LogP contribution in [0.4, 0.5) is 0 Å². The molecule has 1 aromatic heterocycles. The normalized spacial score (nSPS) is 15.7. The highest BCUT2D eigenvalue weighted by Crippen LogP contribution is 2.21. The molecule has 0 amide bonds. The maximum Gasteiger partial charge on any atom is 0.0897 e. The van der Waals surface area contributed by atoms with Crippen molar-refractivity contribution in [2.75, 3.05) is 0 Å². The first-order chi connectivity index (χ1) is 6.13. The van der Waals surface area contributed by atoms with Gasteiger partial charge in [-0.25, -0.2) is 4.98 Å². The van der Waals surface area contributed by atoms with Crippen molar-refractivity contribution < 1.29 is 0 Å². The topological polar surface area (TPSA) is 12.9 Å². The predicted octanol–water partition coefficient (Wildman–Crippen LogP) is 3.80. The van der Waals surface area contributed by atoms with E-state index in [4.69, 9.17) is 0 Å². The number of nitrogens with zero attached hydrogens (tertiary/aromatic N) is 1. The molecule has 0 spiro atoms. The van der Waals surface area contributed by atoms with E-state index < -0.39 is 0 Å². The third-order valence-corrected chi connectivity index (χ3v) is 3.88. The van der Waals surface area contributed by atoms with Crippen molar-refractivity contribution >= 4 is 27.3 Å². The van der Waals surface area contributed by atoms with Crippen LogP contribution in [-0.2, 0) is 6.42 Å². The van der Waals surface area contributed by atoms with Crippen LogP contribution >= 0.6 is 27.3 Å². The third-order valence-electron chi connectivity index (χ3n) is 2.31. The zero-order valence-electron chi connectivity index (χ0n) is 8.38. The van der Waals surface area contributed by atoms with Crippen LogP contribution < -0.4 is 0 Å². The van der Waals surface area contributed by atoms with Crippen molar-refractivity contribution in [1.82, 2.24) is 4.98 Å². The van der Waals surface area contributed by atoms with Crippen molar-refractivity contribution in [2.24, 2.45) is 5.92 Å². The van der Waals surface area contributed by atoms with Crippen molar-refractivity contribution in [3.05, 3.63) is 16.1 Å². The van der Waals surface area contributed by atoms with Crippen LogP contribution in [-0.4, -0.2) is 9.81 Å².